The van der Waals surface area contributed by atoms with E-state index in [9.17, 15) is 4.79 Å². The molecule has 0 atom stereocenters. The number of carbonyl (C=O) groups excluding carboxylic acids is 1. The van der Waals surface area contributed by atoms with Gasteiger partial charge in [0, 0.05) is 37.2 Å². The quantitative estimate of drug-likeness (QED) is 0.750. The average molecular weight is 335 g/mol. The van der Waals surface area contributed by atoms with Crippen molar-refractivity contribution in [1.29, 1.82) is 0 Å². The van der Waals surface area contributed by atoms with Crippen LogP contribution in [-0.2, 0) is 13.1 Å². The fourth-order valence-corrected chi connectivity index (χ4v) is 2.58. The Morgan fingerprint density at radius 3 is 2.64 bits per heavy atom. The summed E-state index contributed by atoms with van der Waals surface area (Å²) in [6, 6.07) is 11.2. The molecular formula is C19H21N5O. The van der Waals surface area contributed by atoms with E-state index in [2.05, 4.69) is 20.3 Å². The van der Waals surface area contributed by atoms with E-state index >= 15 is 0 Å². The summed E-state index contributed by atoms with van der Waals surface area (Å²) in [4.78, 5) is 18.7. The number of para-hydroxylation sites is 1. The van der Waals surface area contributed by atoms with E-state index in [4.69, 9.17) is 0 Å². The zero-order chi connectivity index (χ0) is 17.6. The largest absolute Gasteiger partial charge is 0.348 e. The molecule has 1 N–H and O–H groups in total. The Bertz CT molecular complexity index is 842. The van der Waals surface area contributed by atoms with E-state index in [0.717, 1.165) is 23.4 Å². The number of aromatic nitrogens is 3. The zero-order valence-corrected chi connectivity index (χ0v) is 14.4. The number of amides is 1. The SMILES string of the molecule is CN(C)Cc1cnn(-c2ccccc2C(=O)NCc2ccncc2)c1. The first-order chi connectivity index (χ1) is 12.1. The lowest BCUT2D eigenvalue weighted by molar-refractivity contribution is 0.0950. The van der Waals surface area contributed by atoms with Crippen molar-refractivity contribution in [3.05, 3.63) is 77.9 Å². The van der Waals surface area contributed by atoms with Crippen LogP contribution in [0.2, 0.25) is 0 Å². The van der Waals surface area contributed by atoms with Crippen LogP contribution >= 0.6 is 0 Å². The predicted octanol–water partition coefficient (Wildman–Crippen LogP) is 2.26. The maximum atomic E-state index is 12.6. The molecule has 6 heteroatoms. The van der Waals surface area contributed by atoms with Crippen molar-refractivity contribution < 1.29 is 4.79 Å². The topological polar surface area (TPSA) is 63.1 Å². The van der Waals surface area contributed by atoms with Gasteiger partial charge in [-0.05, 0) is 43.9 Å². The summed E-state index contributed by atoms with van der Waals surface area (Å²) < 4.78 is 1.75. The number of benzene rings is 1. The summed E-state index contributed by atoms with van der Waals surface area (Å²) in [5.74, 6) is -0.128. The number of carbonyl (C=O) groups is 1. The number of rotatable bonds is 6. The van der Waals surface area contributed by atoms with Crippen molar-refractivity contribution in [2.45, 2.75) is 13.1 Å². The monoisotopic (exact) mass is 335 g/mol. The van der Waals surface area contributed by atoms with E-state index < -0.39 is 0 Å². The molecule has 0 radical (unpaired) electrons. The summed E-state index contributed by atoms with van der Waals surface area (Å²) >= 11 is 0. The van der Waals surface area contributed by atoms with Crippen LogP contribution in [0.1, 0.15) is 21.5 Å². The number of nitrogens with zero attached hydrogens (tertiary/aromatic N) is 4. The van der Waals surface area contributed by atoms with Crippen LogP contribution in [-0.4, -0.2) is 39.7 Å². The first-order valence-corrected chi connectivity index (χ1v) is 8.08. The fourth-order valence-electron chi connectivity index (χ4n) is 2.58. The molecular weight excluding hydrogens is 314 g/mol. The summed E-state index contributed by atoms with van der Waals surface area (Å²) in [6.45, 7) is 1.26. The maximum absolute atomic E-state index is 12.6. The smallest absolute Gasteiger partial charge is 0.253 e. The molecule has 0 spiro atoms. The Morgan fingerprint density at radius 1 is 1.12 bits per heavy atom. The molecule has 0 bridgehead atoms. The molecule has 0 saturated carbocycles. The van der Waals surface area contributed by atoms with Gasteiger partial charge in [0.15, 0.2) is 0 Å². The van der Waals surface area contributed by atoms with Crippen LogP contribution in [0.3, 0.4) is 0 Å². The molecule has 2 heterocycles. The predicted molar refractivity (Wildman–Crippen MR) is 96.4 cm³/mol. The molecule has 128 valence electrons. The fraction of sp³-hybridized carbons (Fsp3) is 0.211. The molecule has 1 amide bonds. The Kier molecular flexibility index (Phi) is 5.20. The van der Waals surface area contributed by atoms with Crippen molar-refractivity contribution in [3.63, 3.8) is 0 Å². The van der Waals surface area contributed by atoms with Crippen LogP contribution in [0.5, 0.6) is 0 Å². The van der Waals surface area contributed by atoms with Gasteiger partial charge in [-0.2, -0.15) is 5.10 Å². The summed E-state index contributed by atoms with van der Waals surface area (Å²) in [6.07, 6.45) is 7.21. The summed E-state index contributed by atoms with van der Waals surface area (Å²) in [5.41, 5.74) is 3.46. The molecule has 0 unspecified atom stereocenters. The number of hydrogen-bond donors (Lipinski definition) is 1. The molecule has 1 aromatic carbocycles. The van der Waals surface area contributed by atoms with Crippen LogP contribution in [0.25, 0.3) is 5.69 Å². The maximum Gasteiger partial charge on any atom is 0.253 e. The van der Waals surface area contributed by atoms with Crippen LogP contribution in [0.15, 0.2) is 61.2 Å². The minimum atomic E-state index is -0.128. The Morgan fingerprint density at radius 2 is 1.88 bits per heavy atom. The first kappa shape index (κ1) is 16.9. The van der Waals surface area contributed by atoms with Crippen LogP contribution < -0.4 is 5.32 Å². The molecule has 2 aromatic heterocycles. The third-order valence-electron chi connectivity index (χ3n) is 3.73. The van der Waals surface area contributed by atoms with Crippen molar-refractivity contribution in [2.75, 3.05) is 14.1 Å². The molecule has 0 aliphatic rings. The number of nitrogens with one attached hydrogen (secondary N) is 1. The lowest BCUT2D eigenvalue weighted by Gasteiger charge is -2.10. The molecule has 0 fully saturated rings. The standard InChI is InChI=1S/C19H21N5O/c1-23(2)13-16-12-22-24(14-16)18-6-4-3-5-17(18)19(25)21-11-15-7-9-20-10-8-15/h3-10,12,14H,11,13H2,1-2H3,(H,21,25). The van der Waals surface area contributed by atoms with E-state index in [-0.39, 0.29) is 5.91 Å². The third-order valence-corrected chi connectivity index (χ3v) is 3.73. The normalized spacial score (nSPS) is 10.8. The minimum Gasteiger partial charge on any atom is -0.348 e. The second-order valence-electron chi connectivity index (χ2n) is 6.09. The van der Waals surface area contributed by atoms with Crippen LogP contribution in [0, 0.1) is 0 Å². The molecule has 25 heavy (non-hydrogen) atoms. The second kappa shape index (κ2) is 7.72. The lowest BCUT2D eigenvalue weighted by Crippen LogP contribution is -2.24. The van der Waals surface area contributed by atoms with E-state index in [1.165, 1.54) is 0 Å². The third kappa shape index (κ3) is 4.30. The molecule has 0 saturated heterocycles. The van der Waals surface area contributed by atoms with Gasteiger partial charge in [-0.3, -0.25) is 9.78 Å². The highest BCUT2D eigenvalue weighted by Crippen LogP contribution is 2.15. The first-order valence-electron chi connectivity index (χ1n) is 8.08. The van der Waals surface area contributed by atoms with Gasteiger partial charge in [-0.1, -0.05) is 12.1 Å². The van der Waals surface area contributed by atoms with Crippen molar-refractivity contribution in [1.82, 2.24) is 25.0 Å². The van der Waals surface area contributed by atoms with E-state index in [1.807, 2.05) is 62.9 Å². The van der Waals surface area contributed by atoms with Gasteiger partial charge in [0.2, 0.25) is 0 Å². The summed E-state index contributed by atoms with van der Waals surface area (Å²) in [5, 5.41) is 7.35. The Balaban J connectivity index is 1.78. The molecule has 6 nitrogen and oxygen atoms in total. The van der Waals surface area contributed by atoms with Gasteiger partial charge in [0.05, 0.1) is 17.4 Å². The van der Waals surface area contributed by atoms with Gasteiger partial charge in [-0.25, -0.2) is 4.68 Å². The molecule has 0 aliphatic heterocycles. The number of hydrogen-bond acceptors (Lipinski definition) is 4. The Hall–Kier alpha value is -2.99. The highest BCUT2D eigenvalue weighted by atomic mass is 16.1. The van der Waals surface area contributed by atoms with Crippen molar-refractivity contribution in [3.8, 4) is 5.69 Å². The number of pyridine rings is 1. The van der Waals surface area contributed by atoms with Crippen LogP contribution in [0.4, 0.5) is 0 Å². The zero-order valence-electron chi connectivity index (χ0n) is 14.4. The summed E-state index contributed by atoms with van der Waals surface area (Å²) in [7, 11) is 4.02. The van der Waals surface area contributed by atoms with Crippen molar-refractivity contribution >= 4 is 5.91 Å². The lowest BCUT2D eigenvalue weighted by atomic mass is 10.1. The van der Waals surface area contributed by atoms with Gasteiger partial charge in [-0.15, -0.1) is 0 Å². The van der Waals surface area contributed by atoms with Crippen molar-refractivity contribution in [2.24, 2.45) is 0 Å². The van der Waals surface area contributed by atoms with Gasteiger partial charge in [0.1, 0.15) is 0 Å². The van der Waals surface area contributed by atoms with E-state index in [0.29, 0.717) is 12.1 Å². The van der Waals surface area contributed by atoms with Gasteiger partial charge < -0.3 is 10.2 Å². The van der Waals surface area contributed by atoms with Gasteiger partial charge in [0.25, 0.3) is 5.91 Å². The highest BCUT2D eigenvalue weighted by molar-refractivity contribution is 5.97. The second-order valence-corrected chi connectivity index (χ2v) is 6.09. The van der Waals surface area contributed by atoms with Gasteiger partial charge >= 0.3 is 0 Å². The Labute approximate surface area is 147 Å². The minimum absolute atomic E-state index is 0.128. The molecule has 0 aliphatic carbocycles. The van der Waals surface area contributed by atoms with E-state index in [1.54, 1.807) is 17.1 Å². The average Bonchev–Trinajstić information content (AvgIpc) is 3.08. The highest BCUT2D eigenvalue weighted by Gasteiger charge is 2.13. The molecule has 3 aromatic rings. The molecule has 3 rings (SSSR count).